The fourth-order valence-electron chi connectivity index (χ4n) is 1.28. The standard InChI is InChI=1S/C11H17NO/c1-4-12-11(7-9(2)3)10-5-6-13-8-10/h5-8,11-12H,4H2,1-3H3. The highest BCUT2D eigenvalue weighted by atomic mass is 16.3. The molecule has 0 aromatic carbocycles. The maximum absolute atomic E-state index is 5.05. The predicted octanol–water partition coefficient (Wildman–Crippen LogP) is 2.90. The van der Waals surface area contributed by atoms with Gasteiger partial charge >= 0.3 is 0 Å². The molecule has 0 aliphatic carbocycles. The van der Waals surface area contributed by atoms with Crippen LogP contribution < -0.4 is 5.32 Å². The van der Waals surface area contributed by atoms with Crippen LogP contribution in [0.15, 0.2) is 34.7 Å². The van der Waals surface area contributed by atoms with Gasteiger partial charge in [-0.05, 0) is 26.5 Å². The van der Waals surface area contributed by atoms with Crippen molar-refractivity contribution >= 4 is 0 Å². The van der Waals surface area contributed by atoms with Crippen LogP contribution in [0.3, 0.4) is 0 Å². The minimum Gasteiger partial charge on any atom is -0.472 e. The molecule has 0 aliphatic heterocycles. The Morgan fingerprint density at radius 3 is 2.85 bits per heavy atom. The molecule has 1 heterocycles. The van der Waals surface area contributed by atoms with Crippen molar-refractivity contribution in [3.63, 3.8) is 0 Å². The summed E-state index contributed by atoms with van der Waals surface area (Å²) in [7, 11) is 0. The monoisotopic (exact) mass is 179 g/mol. The Bertz CT molecular complexity index is 258. The second-order valence-electron chi connectivity index (χ2n) is 3.34. The molecule has 0 radical (unpaired) electrons. The number of hydrogen-bond acceptors (Lipinski definition) is 2. The summed E-state index contributed by atoms with van der Waals surface area (Å²) in [5, 5.41) is 3.38. The number of likely N-dealkylation sites (N-methyl/N-ethyl adjacent to an activating group) is 1. The lowest BCUT2D eigenvalue weighted by Crippen LogP contribution is -2.18. The molecule has 1 N–H and O–H groups in total. The molecule has 1 aromatic rings. The van der Waals surface area contributed by atoms with Crippen LogP contribution in [0.5, 0.6) is 0 Å². The van der Waals surface area contributed by atoms with Crippen LogP contribution in [0.25, 0.3) is 0 Å². The SMILES string of the molecule is CCNC(C=C(C)C)c1ccoc1. The Hall–Kier alpha value is -1.02. The second kappa shape index (κ2) is 4.87. The fourth-order valence-corrected chi connectivity index (χ4v) is 1.28. The lowest BCUT2D eigenvalue weighted by molar-refractivity contribution is 0.555. The Morgan fingerprint density at radius 2 is 2.38 bits per heavy atom. The number of furan rings is 1. The molecule has 1 rings (SSSR count). The van der Waals surface area contributed by atoms with Gasteiger partial charge in [-0.25, -0.2) is 0 Å². The number of hydrogen-bond donors (Lipinski definition) is 1. The molecule has 1 unspecified atom stereocenters. The van der Waals surface area contributed by atoms with E-state index in [1.165, 1.54) is 11.1 Å². The van der Waals surface area contributed by atoms with E-state index in [1.807, 2.05) is 6.07 Å². The molecule has 0 saturated carbocycles. The molecule has 1 atom stereocenters. The molecule has 0 saturated heterocycles. The van der Waals surface area contributed by atoms with Crippen molar-refractivity contribution in [3.05, 3.63) is 35.8 Å². The van der Waals surface area contributed by atoms with Crippen molar-refractivity contribution in [2.24, 2.45) is 0 Å². The Balaban J connectivity index is 2.74. The molecule has 2 heteroatoms. The summed E-state index contributed by atoms with van der Waals surface area (Å²) in [4.78, 5) is 0. The zero-order valence-electron chi connectivity index (χ0n) is 8.50. The third kappa shape index (κ3) is 3.07. The van der Waals surface area contributed by atoms with E-state index >= 15 is 0 Å². The summed E-state index contributed by atoms with van der Waals surface area (Å²) in [6.07, 6.45) is 5.69. The second-order valence-corrected chi connectivity index (χ2v) is 3.34. The van der Waals surface area contributed by atoms with Gasteiger partial charge in [0.05, 0.1) is 18.6 Å². The van der Waals surface area contributed by atoms with Crippen molar-refractivity contribution in [2.75, 3.05) is 6.54 Å². The predicted molar refractivity (Wildman–Crippen MR) is 54.6 cm³/mol. The summed E-state index contributed by atoms with van der Waals surface area (Å²) >= 11 is 0. The lowest BCUT2D eigenvalue weighted by Gasteiger charge is -2.11. The molecular weight excluding hydrogens is 162 g/mol. The minimum absolute atomic E-state index is 0.286. The van der Waals surface area contributed by atoms with E-state index < -0.39 is 0 Å². The molecule has 2 nitrogen and oxygen atoms in total. The zero-order chi connectivity index (χ0) is 9.68. The summed E-state index contributed by atoms with van der Waals surface area (Å²) in [5.74, 6) is 0. The Kier molecular flexibility index (Phi) is 3.77. The highest BCUT2D eigenvalue weighted by molar-refractivity contribution is 5.19. The quantitative estimate of drug-likeness (QED) is 0.719. The topological polar surface area (TPSA) is 25.2 Å². The zero-order valence-corrected chi connectivity index (χ0v) is 8.50. The van der Waals surface area contributed by atoms with Crippen LogP contribution in [0.4, 0.5) is 0 Å². The average Bonchev–Trinajstić information content (AvgIpc) is 2.54. The summed E-state index contributed by atoms with van der Waals surface area (Å²) in [6.45, 7) is 7.26. The highest BCUT2D eigenvalue weighted by Gasteiger charge is 2.07. The van der Waals surface area contributed by atoms with Gasteiger partial charge < -0.3 is 9.73 Å². The van der Waals surface area contributed by atoms with E-state index in [1.54, 1.807) is 12.5 Å². The molecular formula is C11H17NO. The van der Waals surface area contributed by atoms with Gasteiger partial charge in [-0.2, -0.15) is 0 Å². The minimum atomic E-state index is 0.286. The van der Waals surface area contributed by atoms with E-state index in [0.29, 0.717) is 0 Å². The van der Waals surface area contributed by atoms with E-state index in [0.717, 1.165) is 6.54 Å². The molecule has 72 valence electrons. The molecule has 0 amide bonds. The van der Waals surface area contributed by atoms with Crippen molar-refractivity contribution in [1.82, 2.24) is 5.32 Å². The summed E-state index contributed by atoms with van der Waals surface area (Å²) in [6, 6.07) is 2.28. The van der Waals surface area contributed by atoms with Crippen LogP contribution in [-0.2, 0) is 0 Å². The van der Waals surface area contributed by atoms with Crippen LogP contribution in [0.2, 0.25) is 0 Å². The number of allylic oxidation sites excluding steroid dienone is 1. The van der Waals surface area contributed by atoms with Crippen molar-refractivity contribution in [3.8, 4) is 0 Å². The van der Waals surface area contributed by atoms with Crippen LogP contribution in [-0.4, -0.2) is 6.54 Å². The molecule has 0 aliphatic rings. The first kappa shape index (κ1) is 10.1. The molecule has 0 spiro atoms. The first-order valence-corrected chi connectivity index (χ1v) is 4.64. The van der Waals surface area contributed by atoms with Gasteiger partial charge in [-0.1, -0.05) is 18.6 Å². The third-order valence-corrected chi connectivity index (χ3v) is 1.83. The van der Waals surface area contributed by atoms with Crippen LogP contribution in [0, 0.1) is 0 Å². The van der Waals surface area contributed by atoms with Crippen molar-refractivity contribution in [1.29, 1.82) is 0 Å². The smallest absolute Gasteiger partial charge is 0.0953 e. The maximum Gasteiger partial charge on any atom is 0.0953 e. The van der Waals surface area contributed by atoms with E-state index in [4.69, 9.17) is 4.42 Å². The average molecular weight is 179 g/mol. The highest BCUT2D eigenvalue weighted by Crippen LogP contribution is 2.16. The van der Waals surface area contributed by atoms with Crippen LogP contribution >= 0.6 is 0 Å². The molecule has 1 aromatic heterocycles. The van der Waals surface area contributed by atoms with E-state index in [9.17, 15) is 0 Å². The summed E-state index contributed by atoms with van der Waals surface area (Å²) in [5.41, 5.74) is 2.50. The van der Waals surface area contributed by atoms with Crippen LogP contribution in [0.1, 0.15) is 32.4 Å². The third-order valence-electron chi connectivity index (χ3n) is 1.83. The van der Waals surface area contributed by atoms with Gasteiger partial charge in [0.15, 0.2) is 0 Å². The fraction of sp³-hybridized carbons (Fsp3) is 0.455. The normalized spacial score (nSPS) is 12.5. The van der Waals surface area contributed by atoms with E-state index in [-0.39, 0.29) is 6.04 Å². The van der Waals surface area contributed by atoms with E-state index in [2.05, 4.69) is 32.2 Å². The first-order valence-electron chi connectivity index (χ1n) is 4.64. The van der Waals surface area contributed by atoms with Gasteiger partial charge in [0, 0.05) is 5.56 Å². The Labute approximate surface area is 79.6 Å². The molecule has 0 fully saturated rings. The largest absolute Gasteiger partial charge is 0.472 e. The van der Waals surface area contributed by atoms with Gasteiger partial charge in [-0.15, -0.1) is 0 Å². The van der Waals surface area contributed by atoms with Gasteiger partial charge in [-0.3, -0.25) is 0 Å². The van der Waals surface area contributed by atoms with Gasteiger partial charge in [0.2, 0.25) is 0 Å². The Morgan fingerprint density at radius 1 is 1.62 bits per heavy atom. The van der Waals surface area contributed by atoms with Gasteiger partial charge in [0.1, 0.15) is 0 Å². The number of rotatable bonds is 4. The first-order chi connectivity index (χ1) is 6.24. The van der Waals surface area contributed by atoms with Crippen molar-refractivity contribution < 1.29 is 4.42 Å². The molecule has 13 heavy (non-hydrogen) atoms. The summed E-state index contributed by atoms with van der Waals surface area (Å²) < 4.78 is 5.05. The van der Waals surface area contributed by atoms with Gasteiger partial charge in [0.25, 0.3) is 0 Å². The maximum atomic E-state index is 5.05. The van der Waals surface area contributed by atoms with Crippen molar-refractivity contribution in [2.45, 2.75) is 26.8 Å². The number of nitrogens with one attached hydrogen (secondary N) is 1. The molecule has 0 bridgehead atoms. The lowest BCUT2D eigenvalue weighted by atomic mass is 10.1.